The lowest BCUT2D eigenvalue weighted by Crippen LogP contribution is -2.38. The summed E-state index contributed by atoms with van der Waals surface area (Å²) in [6.45, 7) is 6.41. The quantitative estimate of drug-likeness (QED) is 0.399. The van der Waals surface area contributed by atoms with Crippen LogP contribution in [-0.2, 0) is 0 Å². The van der Waals surface area contributed by atoms with Gasteiger partial charge in [0.05, 0.1) is 11.9 Å². The molecule has 1 fully saturated rings. The first-order valence-corrected chi connectivity index (χ1v) is 13.4. The van der Waals surface area contributed by atoms with Gasteiger partial charge in [-0.3, -0.25) is 0 Å². The van der Waals surface area contributed by atoms with Crippen molar-refractivity contribution in [2.75, 3.05) is 0 Å². The Morgan fingerprint density at radius 2 is 2.06 bits per heavy atom. The van der Waals surface area contributed by atoms with Gasteiger partial charge in [0.2, 0.25) is 0 Å². The van der Waals surface area contributed by atoms with Crippen molar-refractivity contribution in [3.8, 4) is 0 Å². The summed E-state index contributed by atoms with van der Waals surface area (Å²) >= 11 is 0. The van der Waals surface area contributed by atoms with E-state index in [0.29, 0.717) is 29.6 Å². The van der Waals surface area contributed by atoms with Crippen molar-refractivity contribution >= 4 is 0 Å². The van der Waals surface area contributed by atoms with Gasteiger partial charge in [-0.1, -0.05) is 67.3 Å². The van der Waals surface area contributed by atoms with E-state index in [2.05, 4.69) is 85.2 Å². The minimum absolute atomic E-state index is 0.304. The van der Waals surface area contributed by atoms with Crippen molar-refractivity contribution in [1.29, 1.82) is 0 Å². The summed E-state index contributed by atoms with van der Waals surface area (Å²) in [5, 5.41) is 0. The van der Waals surface area contributed by atoms with E-state index >= 15 is 0 Å². The normalized spacial score (nSPS) is 30.8. The molecule has 0 aromatic carbocycles. The number of rotatable bonds is 7. The largest absolute Gasteiger partial charge is 0.386 e. The lowest BCUT2D eigenvalue weighted by molar-refractivity contribution is 0.330. The molecule has 0 saturated heterocycles. The smallest absolute Gasteiger partial charge is 0.0963 e. The van der Waals surface area contributed by atoms with Crippen LogP contribution in [0.5, 0.6) is 0 Å². The van der Waals surface area contributed by atoms with Gasteiger partial charge in [0.25, 0.3) is 0 Å². The Morgan fingerprint density at radius 3 is 2.74 bits per heavy atom. The van der Waals surface area contributed by atoms with Crippen LogP contribution in [0.1, 0.15) is 64.7 Å². The maximum Gasteiger partial charge on any atom is 0.0963 e. The predicted molar refractivity (Wildman–Crippen MR) is 144 cm³/mol. The molecule has 1 saturated carbocycles. The molecule has 5 aliphatic rings. The molecule has 3 unspecified atom stereocenters. The molecule has 5 aliphatic carbocycles. The summed E-state index contributed by atoms with van der Waals surface area (Å²) in [6, 6.07) is 0.304. The van der Waals surface area contributed by atoms with Crippen LogP contribution in [0.2, 0.25) is 0 Å². The zero-order valence-electron chi connectivity index (χ0n) is 20.8. The van der Waals surface area contributed by atoms with E-state index in [-0.39, 0.29) is 0 Å². The van der Waals surface area contributed by atoms with Crippen molar-refractivity contribution in [3.05, 3.63) is 107 Å². The van der Waals surface area contributed by atoms with Crippen molar-refractivity contribution in [2.24, 2.45) is 23.5 Å². The van der Waals surface area contributed by atoms with Gasteiger partial charge in [-0.15, -0.1) is 0 Å². The molecule has 0 aromatic rings. The van der Waals surface area contributed by atoms with E-state index < -0.39 is 0 Å². The lowest BCUT2D eigenvalue weighted by Gasteiger charge is -2.40. The summed E-state index contributed by atoms with van der Waals surface area (Å²) in [6.07, 6.45) is 36.4. The fourth-order valence-electron chi connectivity index (χ4n) is 6.32. The van der Waals surface area contributed by atoms with E-state index in [1.807, 2.05) is 0 Å². The van der Waals surface area contributed by atoms with Crippen LogP contribution in [-0.4, -0.2) is 10.9 Å². The maximum atomic E-state index is 6.55. The van der Waals surface area contributed by atoms with Gasteiger partial charge in [0, 0.05) is 11.6 Å². The Bertz CT molecular complexity index is 1050. The van der Waals surface area contributed by atoms with E-state index in [1.165, 1.54) is 41.7 Å². The molecular weight excluding hydrogens is 412 g/mol. The van der Waals surface area contributed by atoms with E-state index in [9.17, 15) is 0 Å². The minimum Gasteiger partial charge on any atom is -0.386 e. The molecule has 0 heterocycles. The monoisotopic (exact) mass is 452 g/mol. The van der Waals surface area contributed by atoms with Gasteiger partial charge in [-0.2, -0.15) is 0 Å². The zero-order valence-corrected chi connectivity index (χ0v) is 20.8. The van der Waals surface area contributed by atoms with Gasteiger partial charge >= 0.3 is 0 Å². The average Bonchev–Trinajstić information content (AvgIpc) is 3.64. The van der Waals surface area contributed by atoms with Gasteiger partial charge < -0.3 is 10.6 Å². The first-order valence-electron chi connectivity index (χ1n) is 13.4. The highest BCUT2D eigenvalue weighted by Crippen LogP contribution is 2.53. The van der Waals surface area contributed by atoms with Crippen LogP contribution in [0.3, 0.4) is 0 Å². The lowest BCUT2D eigenvalue weighted by atomic mass is 9.73. The summed E-state index contributed by atoms with van der Waals surface area (Å²) < 4.78 is 0. The van der Waals surface area contributed by atoms with Crippen molar-refractivity contribution in [1.82, 2.24) is 4.90 Å². The van der Waals surface area contributed by atoms with Crippen molar-refractivity contribution < 1.29 is 0 Å². The minimum atomic E-state index is 0.304. The molecular formula is C32H40N2. The Labute approximate surface area is 206 Å². The molecule has 2 nitrogen and oxygen atoms in total. The molecule has 4 atom stereocenters. The van der Waals surface area contributed by atoms with Gasteiger partial charge in [-0.25, -0.2) is 0 Å². The molecule has 0 aliphatic heterocycles. The highest BCUT2D eigenvalue weighted by Gasteiger charge is 2.43. The topological polar surface area (TPSA) is 29.3 Å². The molecule has 0 spiro atoms. The van der Waals surface area contributed by atoms with Gasteiger partial charge in [0.15, 0.2) is 0 Å². The molecule has 2 N–H and O–H groups in total. The first-order chi connectivity index (χ1) is 16.7. The van der Waals surface area contributed by atoms with E-state index in [0.717, 1.165) is 38.5 Å². The Kier molecular flexibility index (Phi) is 6.94. The Balaban J connectivity index is 1.63. The fraction of sp³-hybridized carbons (Fsp3) is 0.438. The molecule has 178 valence electrons. The molecule has 5 rings (SSSR count). The maximum absolute atomic E-state index is 6.55. The van der Waals surface area contributed by atoms with Crippen LogP contribution in [0, 0.1) is 17.8 Å². The summed E-state index contributed by atoms with van der Waals surface area (Å²) in [5.41, 5.74) is 14.0. The predicted octanol–water partition coefficient (Wildman–Crippen LogP) is 7.79. The molecule has 0 radical (unpaired) electrons. The zero-order chi connectivity index (χ0) is 23.5. The third kappa shape index (κ3) is 4.73. The summed E-state index contributed by atoms with van der Waals surface area (Å²) in [5.74, 6) is 2.40. The second-order valence-electron chi connectivity index (χ2n) is 10.4. The van der Waals surface area contributed by atoms with Crippen LogP contribution in [0.4, 0.5) is 0 Å². The Hall–Kier alpha value is -2.74. The van der Waals surface area contributed by atoms with Crippen LogP contribution in [0.15, 0.2) is 107 Å². The standard InChI is InChI=1S/C32H40N2/c1-3-13-26-20-28(26)31-21-29(24-14-7-4-8-15-24)30(25-16-9-5-10-17-25)22-32(31)34(23(2)33)27-18-11-6-12-19-27/h3,5,7,9,11,13-16,18,22,26-29H,2,4,6,8,10,12,17,19-21,33H2,1H3/b13-3-/t26?,27-,28?,29?/m0/s1. The molecule has 0 aromatic heterocycles. The van der Waals surface area contributed by atoms with Crippen molar-refractivity contribution in [2.45, 2.75) is 70.8 Å². The third-order valence-corrected chi connectivity index (χ3v) is 8.09. The number of hydrogen-bond donors (Lipinski definition) is 1. The Morgan fingerprint density at radius 1 is 1.15 bits per heavy atom. The molecule has 0 amide bonds. The van der Waals surface area contributed by atoms with Crippen LogP contribution < -0.4 is 5.73 Å². The number of nitrogens with zero attached hydrogens (tertiary/aromatic N) is 1. The second kappa shape index (κ2) is 10.3. The van der Waals surface area contributed by atoms with Gasteiger partial charge in [-0.05, 0) is 105 Å². The van der Waals surface area contributed by atoms with Gasteiger partial charge in [0.1, 0.15) is 0 Å². The first kappa shape index (κ1) is 23.0. The average molecular weight is 453 g/mol. The summed E-state index contributed by atoms with van der Waals surface area (Å²) in [4.78, 5) is 2.37. The van der Waals surface area contributed by atoms with Crippen LogP contribution in [0.25, 0.3) is 0 Å². The summed E-state index contributed by atoms with van der Waals surface area (Å²) in [7, 11) is 0. The SMILES string of the molecule is C=C(N)N(C1=C(C2CC2/C=C\C)CC(C2=CCCC=C2)C(C2=CC=CCC2)=C1)[C@H]1C=CCCC1. The van der Waals surface area contributed by atoms with E-state index in [4.69, 9.17) is 5.73 Å². The highest BCUT2D eigenvalue weighted by molar-refractivity contribution is 5.53. The molecule has 34 heavy (non-hydrogen) atoms. The van der Waals surface area contributed by atoms with Crippen molar-refractivity contribution in [3.63, 3.8) is 0 Å². The molecule has 2 heteroatoms. The van der Waals surface area contributed by atoms with Crippen LogP contribution >= 0.6 is 0 Å². The second-order valence-corrected chi connectivity index (χ2v) is 10.4. The van der Waals surface area contributed by atoms with E-state index in [1.54, 1.807) is 5.57 Å². The highest BCUT2D eigenvalue weighted by atomic mass is 15.2. The number of allylic oxidation sites excluding steroid dienone is 14. The molecule has 0 bridgehead atoms. The third-order valence-electron chi connectivity index (χ3n) is 8.09. The number of hydrogen-bond acceptors (Lipinski definition) is 2. The fourth-order valence-corrected chi connectivity index (χ4v) is 6.32. The number of nitrogens with two attached hydrogens (primary N) is 1.